The van der Waals surface area contributed by atoms with Gasteiger partial charge in [-0.3, -0.25) is 4.79 Å². The second-order valence-electron chi connectivity index (χ2n) is 8.05. The van der Waals surface area contributed by atoms with Crippen molar-refractivity contribution in [2.75, 3.05) is 0 Å². The first-order valence-corrected chi connectivity index (χ1v) is 11.9. The number of nitrogens with zero attached hydrogens (tertiary/aromatic N) is 3. The monoisotopic (exact) mass is 432 g/mol. The van der Waals surface area contributed by atoms with Crippen LogP contribution in [0, 0.1) is 0 Å². The number of thiol groups is 1. The van der Waals surface area contributed by atoms with Crippen LogP contribution < -0.4 is 0 Å². The third-order valence-electron chi connectivity index (χ3n) is 5.62. The molecule has 0 saturated heterocycles. The number of carboxylic acid groups (broad SMARTS) is 1. The molecule has 166 valence electrons. The topological polar surface area (TPSA) is 91.8 Å². The molecule has 0 bridgehead atoms. The average molecular weight is 433 g/mol. The number of carboxylic acids is 1. The molecule has 6 nitrogen and oxygen atoms in total. The Hall–Kier alpha value is -1.89. The number of tetrazole rings is 1. The van der Waals surface area contributed by atoms with Gasteiger partial charge in [-0.25, -0.2) is 0 Å². The van der Waals surface area contributed by atoms with Gasteiger partial charge in [0.05, 0.1) is 5.92 Å². The fraction of sp³-hybridized carbons (Fsp3) is 0.652. The van der Waals surface area contributed by atoms with Gasteiger partial charge in [0.15, 0.2) is 5.82 Å². The van der Waals surface area contributed by atoms with E-state index in [0.717, 1.165) is 24.0 Å². The summed E-state index contributed by atoms with van der Waals surface area (Å²) in [5.41, 5.74) is 1.96. The first-order valence-electron chi connectivity index (χ1n) is 11.3. The molecule has 1 aromatic heterocycles. The highest BCUT2D eigenvalue weighted by atomic mass is 32.1. The van der Waals surface area contributed by atoms with Crippen molar-refractivity contribution in [3.63, 3.8) is 0 Å². The van der Waals surface area contributed by atoms with Gasteiger partial charge in [-0.15, -0.1) is 10.2 Å². The number of aliphatic carboxylic acids is 1. The lowest BCUT2D eigenvalue weighted by Crippen LogP contribution is -2.25. The molecule has 0 fully saturated rings. The summed E-state index contributed by atoms with van der Waals surface area (Å²) in [6, 6.07) is 7.86. The van der Waals surface area contributed by atoms with Gasteiger partial charge in [-0.05, 0) is 24.0 Å². The highest BCUT2D eigenvalue weighted by Gasteiger charge is 2.30. The summed E-state index contributed by atoms with van der Waals surface area (Å²) in [7, 11) is 0. The van der Waals surface area contributed by atoms with Gasteiger partial charge in [0.2, 0.25) is 0 Å². The second-order valence-corrected chi connectivity index (χ2v) is 8.71. The van der Waals surface area contributed by atoms with E-state index in [4.69, 9.17) is 0 Å². The quantitative estimate of drug-likeness (QED) is 0.245. The molecule has 0 saturated carbocycles. The van der Waals surface area contributed by atoms with Gasteiger partial charge < -0.3 is 5.11 Å². The molecular formula is C23H36N4O2S. The number of H-pyrrole nitrogens is 1. The van der Waals surface area contributed by atoms with Crippen LogP contribution in [0.15, 0.2) is 24.3 Å². The van der Waals surface area contributed by atoms with Crippen molar-refractivity contribution in [2.45, 2.75) is 95.1 Å². The SMILES string of the molecule is CCCCCCCCCCCCc1ccccc1C(C(=O)O)C(S)Cc1nn[nH]n1. The van der Waals surface area contributed by atoms with Crippen LogP contribution in [0.3, 0.4) is 0 Å². The average Bonchev–Trinajstić information content (AvgIpc) is 3.23. The fourth-order valence-corrected chi connectivity index (χ4v) is 4.40. The normalized spacial score (nSPS) is 13.3. The predicted octanol–water partition coefficient (Wildman–Crippen LogP) is 5.37. The molecular weight excluding hydrogens is 396 g/mol. The van der Waals surface area contributed by atoms with Crippen molar-refractivity contribution in [3.8, 4) is 0 Å². The van der Waals surface area contributed by atoms with E-state index in [-0.39, 0.29) is 0 Å². The number of hydrogen-bond acceptors (Lipinski definition) is 5. The molecule has 2 aromatic rings. The molecule has 0 spiro atoms. The first kappa shape index (κ1) is 24.4. The van der Waals surface area contributed by atoms with E-state index in [2.05, 4.69) is 40.2 Å². The number of unbranched alkanes of at least 4 members (excludes halogenated alkanes) is 9. The molecule has 1 heterocycles. The van der Waals surface area contributed by atoms with Crippen LogP contribution in [-0.4, -0.2) is 36.9 Å². The number of nitrogens with one attached hydrogen (secondary N) is 1. The summed E-state index contributed by atoms with van der Waals surface area (Å²) >= 11 is 4.59. The third kappa shape index (κ3) is 8.46. The maximum Gasteiger partial charge on any atom is 0.312 e. The van der Waals surface area contributed by atoms with E-state index >= 15 is 0 Å². The zero-order valence-corrected chi connectivity index (χ0v) is 19.0. The minimum atomic E-state index is -0.867. The van der Waals surface area contributed by atoms with E-state index in [1.807, 2.05) is 24.3 Å². The van der Waals surface area contributed by atoms with E-state index in [0.29, 0.717) is 12.2 Å². The molecule has 30 heavy (non-hydrogen) atoms. The minimum Gasteiger partial charge on any atom is -0.481 e. The maximum absolute atomic E-state index is 12.1. The standard InChI is InChI=1S/C23H36N4O2S/c1-2-3-4-5-6-7-8-9-10-11-14-18-15-12-13-16-19(18)22(23(28)29)20(30)17-21-24-26-27-25-21/h12-13,15-16,20,22,30H,2-11,14,17H2,1H3,(H,28,29)(H,24,25,26,27). The summed E-state index contributed by atoms with van der Waals surface area (Å²) in [4.78, 5) is 12.1. The predicted molar refractivity (Wildman–Crippen MR) is 123 cm³/mol. The van der Waals surface area contributed by atoms with E-state index in [1.165, 1.54) is 57.8 Å². The number of aromatic amines is 1. The third-order valence-corrected chi connectivity index (χ3v) is 6.10. The zero-order valence-electron chi connectivity index (χ0n) is 18.1. The molecule has 2 atom stereocenters. The summed E-state index contributed by atoms with van der Waals surface area (Å²) in [5.74, 6) is -1.09. The lowest BCUT2D eigenvalue weighted by Gasteiger charge is -2.21. The van der Waals surface area contributed by atoms with Crippen molar-refractivity contribution >= 4 is 18.6 Å². The van der Waals surface area contributed by atoms with Crippen molar-refractivity contribution < 1.29 is 9.90 Å². The number of hydrogen-bond donors (Lipinski definition) is 3. The molecule has 7 heteroatoms. The summed E-state index contributed by atoms with van der Waals surface area (Å²) < 4.78 is 0. The van der Waals surface area contributed by atoms with Crippen LogP contribution in [0.1, 0.15) is 94.0 Å². The Morgan fingerprint density at radius 3 is 2.27 bits per heavy atom. The van der Waals surface area contributed by atoms with Crippen LogP contribution in [0.2, 0.25) is 0 Å². The first-order chi connectivity index (χ1) is 14.6. The van der Waals surface area contributed by atoms with Crippen molar-refractivity contribution in [1.29, 1.82) is 0 Å². The number of rotatable bonds is 16. The van der Waals surface area contributed by atoms with Crippen LogP contribution in [0.4, 0.5) is 0 Å². The van der Waals surface area contributed by atoms with E-state index in [1.54, 1.807) is 0 Å². The van der Waals surface area contributed by atoms with Crippen LogP contribution in [0.5, 0.6) is 0 Å². The molecule has 0 aliphatic heterocycles. The molecule has 0 aliphatic rings. The Morgan fingerprint density at radius 2 is 1.67 bits per heavy atom. The van der Waals surface area contributed by atoms with Gasteiger partial charge in [0.25, 0.3) is 0 Å². The van der Waals surface area contributed by atoms with Gasteiger partial charge >= 0.3 is 5.97 Å². The zero-order chi connectivity index (χ0) is 21.6. The molecule has 0 aliphatic carbocycles. The Morgan fingerprint density at radius 1 is 1.03 bits per heavy atom. The maximum atomic E-state index is 12.1. The van der Waals surface area contributed by atoms with Crippen LogP contribution >= 0.6 is 12.6 Å². The van der Waals surface area contributed by atoms with Gasteiger partial charge in [0.1, 0.15) is 0 Å². The second kappa shape index (κ2) is 14.2. The van der Waals surface area contributed by atoms with Gasteiger partial charge in [0, 0.05) is 11.7 Å². The number of aryl methyl sites for hydroxylation is 1. The lowest BCUT2D eigenvalue weighted by molar-refractivity contribution is -0.138. The summed E-state index contributed by atoms with van der Waals surface area (Å²) in [6.45, 7) is 2.25. The molecule has 2 rings (SSSR count). The molecule has 1 aromatic carbocycles. The number of carbonyl (C=O) groups is 1. The molecule has 2 unspecified atom stereocenters. The van der Waals surface area contributed by atoms with Gasteiger partial charge in [-0.2, -0.15) is 17.8 Å². The fourth-order valence-electron chi connectivity index (χ4n) is 3.95. The highest BCUT2D eigenvalue weighted by Crippen LogP contribution is 2.29. The van der Waals surface area contributed by atoms with Crippen LogP contribution in [-0.2, 0) is 17.6 Å². The Bertz CT molecular complexity index is 724. The Labute approximate surface area is 185 Å². The molecule has 0 radical (unpaired) electrons. The van der Waals surface area contributed by atoms with E-state index in [9.17, 15) is 9.90 Å². The smallest absolute Gasteiger partial charge is 0.312 e. The number of aromatic nitrogens is 4. The molecule has 2 N–H and O–H groups in total. The van der Waals surface area contributed by atoms with Gasteiger partial charge in [-0.1, -0.05) is 94.2 Å². The Kier molecular flexibility index (Phi) is 11.5. The summed E-state index contributed by atoms with van der Waals surface area (Å²) in [5, 5.41) is 23.3. The van der Waals surface area contributed by atoms with Crippen molar-refractivity contribution in [1.82, 2.24) is 20.6 Å². The summed E-state index contributed by atoms with van der Waals surface area (Å²) in [6.07, 6.45) is 14.2. The minimum absolute atomic E-state index is 0.350. The van der Waals surface area contributed by atoms with E-state index < -0.39 is 17.1 Å². The molecule has 0 amide bonds. The largest absolute Gasteiger partial charge is 0.481 e. The highest BCUT2D eigenvalue weighted by molar-refractivity contribution is 7.81. The Balaban J connectivity index is 1.82. The number of benzene rings is 1. The van der Waals surface area contributed by atoms with Crippen LogP contribution in [0.25, 0.3) is 0 Å². The lowest BCUT2D eigenvalue weighted by atomic mass is 9.88. The van der Waals surface area contributed by atoms with Crippen molar-refractivity contribution in [3.05, 3.63) is 41.2 Å². The van der Waals surface area contributed by atoms with Crippen molar-refractivity contribution in [2.24, 2.45) is 0 Å².